The predicted octanol–water partition coefficient (Wildman–Crippen LogP) is 3.31. The second kappa shape index (κ2) is 10.1. The Bertz CT molecular complexity index is 211. The van der Waals surface area contributed by atoms with Gasteiger partial charge in [-0.25, -0.2) is 4.79 Å². The normalized spacial score (nSPS) is 24.3. The average molecular weight is 244 g/mol. The third kappa shape index (κ3) is 9.87. The minimum atomic E-state index is -0.531. The van der Waals surface area contributed by atoms with Gasteiger partial charge in [0.25, 0.3) is 0 Å². The molecule has 2 rings (SSSR count). The zero-order chi connectivity index (χ0) is 13.1. The second-order valence-corrected chi connectivity index (χ2v) is 3.77. The first kappa shape index (κ1) is 16.0. The lowest BCUT2D eigenvalue weighted by Gasteiger charge is -1.97. The summed E-state index contributed by atoms with van der Waals surface area (Å²) in [5, 5.41) is 0. The first-order valence-electron chi connectivity index (χ1n) is 6.23. The number of allylic oxidation sites excluding steroid dienone is 1. The van der Waals surface area contributed by atoms with Crippen molar-refractivity contribution >= 4 is 6.16 Å². The molecule has 100 valence electrons. The van der Waals surface area contributed by atoms with Gasteiger partial charge in [0.15, 0.2) is 0 Å². The molecule has 0 amide bonds. The van der Waals surface area contributed by atoms with E-state index in [2.05, 4.69) is 29.9 Å². The van der Waals surface area contributed by atoms with Gasteiger partial charge in [0.2, 0.25) is 0 Å². The number of hydrogen-bond donors (Lipinski definition) is 0. The Hall–Kier alpha value is -1.03. The van der Waals surface area contributed by atoms with Gasteiger partial charge in [-0.2, -0.15) is 0 Å². The molecule has 0 aliphatic carbocycles. The Morgan fingerprint density at radius 3 is 1.88 bits per heavy atom. The van der Waals surface area contributed by atoms with E-state index in [0.717, 1.165) is 19.4 Å². The van der Waals surface area contributed by atoms with Gasteiger partial charge in [0.1, 0.15) is 12.7 Å². The van der Waals surface area contributed by atoms with Crippen molar-refractivity contribution < 1.29 is 19.0 Å². The number of cyclic esters (lactones) is 2. The summed E-state index contributed by atoms with van der Waals surface area (Å²) < 4.78 is 14.0. The van der Waals surface area contributed by atoms with Crippen molar-refractivity contribution in [3.63, 3.8) is 0 Å². The lowest BCUT2D eigenvalue weighted by Crippen LogP contribution is -2.06. The third-order valence-electron chi connectivity index (χ3n) is 2.25. The first-order chi connectivity index (χ1) is 8.17. The summed E-state index contributed by atoms with van der Waals surface area (Å²) >= 11 is 0. The molecule has 0 spiro atoms. The van der Waals surface area contributed by atoms with Gasteiger partial charge < -0.3 is 14.2 Å². The van der Waals surface area contributed by atoms with Crippen molar-refractivity contribution in [1.29, 1.82) is 0 Å². The van der Waals surface area contributed by atoms with E-state index in [1.54, 1.807) is 0 Å². The van der Waals surface area contributed by atoms with Crippen LogP contribution in [0, 0.1) is 0 Å². The molecule has 2 aliphatic rings. The number of carbonyl (C=O) groups is 1. The van der Waals surface area contributed by atoms with Crippen molar-refractivity contribution in [1.82, 2.24) is 0 Å². The Labute approximate surface area is 104 Å². The summed E-state index contributed by atoms with van der Waals surface area (Å²) in [6.07, 6.45) is 5.10. The molecule has 4 nitrogen and oxygen atoms in total. The van der Waals surface area contributed by atoms with E-state index in [0.29, 0.717) is 12.7 Å². The van der Waals surface area contributed by atoms with Gasteiger partial charge in [-0.3, -0.25) is 0 Å². The molecule has 0 aromatic heterocycles. The summed E-state index contributed by atoms with van der Waals surface area (Å²) in [6.45, 7) is 11.1. The van der Waals surface area contributed by atoms with Crippen LogP contribution in [0.25, 0.3) is 0 Å². The Kier molecular flexibility index (Phi) is 9.53. The van der Waals surface area contributed by atoms with Crippen LogP contribution in [0.15, 0.2) is 12.7 Å². The van der Waals surface area contributed by atoms with E-state index in [4.69, 9.17) is 4.74 Å². The molecule has 4 heteroatoms. The molecule has 2 atom stereocenters. The molecule has 2 unspecified atom stereocenters. The highest BCUT2D eigenvalue weighted by Gasteiger charge is 2.22. The van der Waals surface area contributed by atoms with Crippen LogP contribution >= 0.6 is 0 Å². The summed E-state index contributed by atoms with van der Waals surface area (Å²) in [4.78, 5) is 10.2. The molecule has 0 aromatic carbocycles. The molecule has 2 heterocycles. The molecular weight excluding hydrogens is 220 g/mol. The zero-order valence-corrected chi connectivity index (χ0v) is 11.1. The van der Waals surface area contributed by atoms with E-state index in [9.17, 15) is 4.79 Å². The highest BCUT2D eigenvalue weighted by Crippen LogP contribution is 2.10. The first-order valence-corrected chi connectivity index (χ1v) is 6.23. The lowest BCUT2D eigenvalue weighted by atomic mass is 10.3. The number of epoxide rings is 1. The second-order valence-electron chi connectivity index (χ2n) is 3.77. The van der Waals surface area contributed by atoms with Crippen LogP contribution < -0.4 is 0 Å². The maximum atomic E-state index is 10.2. The van der Waals surface area contributed by atoms with E-state index >= 15 is 0 Å². The summed E-state index contributed by atoms with van der Waals surface area (Å²) in [5.41, 5.74) is 0. The molecule has 0 saturated carbocycles. The fraction of sp³-hybridized carbons (Fsp3) is 0.769. The van der Waals surface area contributed by atoms with Gasteiger partial charge in [-0.05, 0) is 19.3 Å². The highest BCUT2D eigenvalue weighted by molar-refractivity contribution is 5.61. The average Bonchev–Trinajstić information content (AvgIpc) is 3.12. The van der Waals surface area contributed by atoms with E-state index in [1.807, 2.05) is 13.0 Å². The number of ether oxygens (including phenoxy) is 3. The molecule has 2 aliphatic heterocycles. The van der Waals surface area contributed by atoms with Crippen molar-refractivity contribution in [2.24, 2.45) is 0 Å². The van der Waals surface area contributed by atoms with Crippen molar-refractivity contribution in [3.05, 3.63) is 12.7 Å². The highest BCUT2D eigenvalue weighted by atomic mass is 16.8. The van der Waals surface area contributed by atoms with Crippen LogP contribution in [0.2, 0.25) is 0 Å². The van der Waals surface area contributed by atoms with E-state index in [-0.39, 0.29) is 6.10 Å². The quantitative estimate of drug-likeness (QED) is 0.434. The van der Waals surface area contributed by atoms with Crippen LogP contribution in [0.1, 0.15) is 40.0 Å². The van der Waals surface area contributed by atoms with Gasteiger partial charge >= 0.3 is 6.16 Å². The fourth-order valence-electron chi connectivity index (χ4n) is 0.870. The predicted molar refractivity (Wildman–Crippen MR) is 67.0 cm³/mol. The maximum Gasteiger partial charge on any atom is 0.508 e. The molecule has 2 fully saturated rings. The molecule has 2 saturated heterocycles. The Morgan fingerprint density at radius 1 is 1.24 bits per heavy atom. The van der Waals surface area contributed by atoms with Crippen LogP contribution in [-0.4, -0.2) is 31.6 Å². The Balaban J connectivity index is 0.000000246. The number of carbonyl (C=O) groups excluding carboxylic acids is 1. The minimum absolute atomic E-state index is 0.00231. The molecule has 0 radical (unpaired) electrons. The molecule has 0 bridgehead atoms. The SMILES string of the molecule is C=CCC.CCC1CO1.CCC1COC(=O)O1. The fourth-order valence-corrected chi connectivity index (χ4v) is 0.870. The van der Waals surface area contributed by atoms with Crippen LogP contribution in [-0.2, 0) is 14.2 Å². The summed E-state index contributed by atoms with van der Waals surface area (Å²) in [6, 6.07) is 0. The van der Waals surface area contributed by atoms with Gasteiger partial charge in [-0.15, -0.1) is 6.58 Å². The van der Waals surface area contributed by atoms with Gasteiger partial charge in [0.05, 0.1) is 12.7 Å². The van der Waals surface area contributed by atoms with Crippen molar-refractivity contribution in [3.8, 4) is 0 Å². The zero-order valence-electron chi connectivity index (χ0n) is 11.1. The van der Waals surface area contributed by atoms with Crippen molar-refractivity contribution in [2.45, 2.75) is 52.2 Å². The summed E-state index contributed by atoms with van der Waals surface area (Å²) in [5.74, 6) is 0. The monoisotopic (exact) mass is 244 g/mol. The minimum Gasteiger partial charge on any atom is -0.430 e. The number of rotatable bonds is 3. The standard InChI is InChI=1S/C5H8O3.C4H8O.C4H8/c1-2-4-3-7-5(6)8-4;1-2-4-3-5-4;1-3-4-2/h4H,2-3H2,1H3;4H,2-3H2,1H3;3H,1,4H2,2H3. The van der Waals surface area contributed by atoms with Gasteiger partial charge in [-0.1, -0.05) is 26.8 Å². The molecule has 17 heavy (non-hydrogen) atoms. The topological polar surface area (TPSA) is 48.1 Å². The van der Waals surface area contributed by atoms with E-state index < -0.39 is 6.16 Å². The largest absolute Gasteiger partial charge is 0.508 e. The molecular formula is C13H24O4. The van der Waals surface area contributed by atoms with Crippen LogP contribution in [0.5, 0.6) is 0 Å². The van der Waals surface area contributed by atoms with Crippen LogP contribution in [0.3, 0.4) is 0 Å². The molecule has 0 aromatic rings. The third-order valence-corrected chi connectivity index (χ3v) is 2.25. The number of hydrogen-bond acceptors (Lipinski definition) is 4. The smallest absolute Gasteiger partial charge is 0.430 e. The van der Waals surface area contributed by atoms with Crippen LogP contribution in [0.4, 0.5) is 4.79 Å². The van der Waals surface area contributed by atoms with E-state index in [1.165, 1.54) is 6.42 Å². The summed E-state index contributed by atoms with van der Waals surface area (Å²) in [7, 11) is 0. The lowest BCUT2D eigenvalue weighted by molar-refractivity contribution is 0.117. The maximum absolute atomic E-state index is 10.2. The van der Waals surface area contributed by atoms with Gasteiger partial charge in [0, 0.05) is 0 Å². The Morgan fingerprint density at radius 2 is 1.76 bits per heavy atom. The molecule has 0 N–H and O–H groups in total. The van der Waals surface area contributed by atoms with Crippen molar-refractivity contribution in [2.75, 3.05) is 13.2 Å².